The van der Waals surface area contributed by atoms with E-state index in [1.54, 1.807) is 0 Å². The summed E-state index contributed by atoms with van der Waals surface area (Å²) in [7, 11) is 0. The van der Waals surface area contributed by atoms with Gasteiger partial charge in [0.1, 0.15) is 0 Å². The Labute approximate surface area is 148 Å². The fraction of sp³-hybridized carbons (Fsp3) is 0.143. The van der Waals surface area contributed by atoms with E-state index in [4.69, 9.17) is 17.4 Å². The summed E-state index contributed by atoms with van der Waals surface area (Å²) in [6, 6.07) is 11.9. The van der Waals surface area contributed by atoms with Gasteiger partial charge in [-0.15, -0.1) is 0 Å². The zero-order valence-corrected chi connectivity index (χ0v) is 15.9. The van der Waals surface area contributed by atoms with Gasteiger partial charge in [0.05, 0.1) is 6.04 Å². The number of rotatable bonds is 4. The number of halogens is 4. The molecule has 2 nitrogen and oxygen atoms in total. The maximum atomic E-state index is 6.26. The van der Waals surface area contributed by atoms with Crippen molar-refractivity contribution < 1.29 is 0 Å². The average Bonchev–Trinajstić information content (AvgIpc) is 2.36. The van der Waals surface area contributed by atoms with Crippen LogP contribution in [0.1, 0.15) is 17.2 Å². The molecule has 0 spiro atoms. The van der Waals surface area contributed by atoms with Crippen LogP contribution in [0.5, 0.6) is 0 Å². The normalized spacial score (nSPS) is 12.4. The van der Waals surface area contributed by atoms with Crippen molar-refractivity contribution in [2.75, 3.05) is 0 Å². The molecule has 3 N–H and O–H groups in total. The van der Waals surface area contributed by atoms with Gasteiger partial charge in [0, 0.05) is 18.4 Å². The van der Waals surface area contributed by atoms with Crippen LogP contribution in [0, 0.1) is 0 Å². The lowest BCUT2D eigenvalue weighted by Crippen LogP contribution is -2.29. The Balaban J connectivity index is 2.28. The second-order valence-electron chi connectivity index (χ2n) is 4.36. The molecule has 6 heteroatoms. The Bertz CT molecular complexity index is 599. The topological polar surface area (TPSA) is 38.0 Å². The summed E-state index contributed by atoms with van der Waals surface area (Å²) in [4.78, 5) is 0. The first-order chi connectivity index (χ1) is 9.49. The molecule has 1 atom stereocenters. The lowest BCUT2D eigenvalue weighted by Gasteiger charge is -2.18. The van der Waals surface area contributed by atoms with Crippen LogP contribution in [0.3, 0.4) is 0 Å². The predicted molar refractivity (Wildman–Crippen MR) is 94.8 cm³/mol. The van der Waals surface area contributed by atoms with Crippen molar-refractivity contribution in [1.82, 2.24) is 5.43 Å². The highest BCUT2D eigenvalue weighted by molar-refractivity contribution is 9.11. The molecular formula is C14H12Br3ClN2. The zero-order valence-electron chi connectivity index (χ0n) is 10.3. The fourth-order valence-electron chi connectivity index (χ4n) is 1.96. The van der Waals surface area contributed by atoms with Gasteiger partial charge in [0.25, 0.3) is 0 Å². The predicted octanol–water partition coefficient (Wildman–Crippen LogP) is 5.37. The van der Waals surface area contributed by atoms with Crippen molar-refractivity contribution in [2.24, 2.45) is 5.84 Å². The lowest BCUT2D eigenvalue weighted by atomic mass is 9.99. The molecule has 1 unspecified atom stereocenters. The SMILES string of the molecule is NNC(Cc1ccc(Br)cc1Cl)c1cc(Br)cc(Br)c1. The Morgan fingerprint density at radius 1 is 1.00 bits per heavy atom. The highest BCUT2D eigenvalue weighted by Crippen LogP contribution is 2.29. The molecule has 0 heterocycles. The standard InChI is InChI=1S/C14H12Br3ClN2/c15-10-2-1-8(13(18)7-10)5-14(20-19)9-3-11(16)6-12(17)4-9/h1-4,6-7,14,20H,5,19H2. The second kappa shape index (κ2) is 7.38. The number of hydrogen-bond donors (Lipinski definition) is 2. The van der Waals surface area contributed by atoms with Gasteiger partial charge in [-0.1, -0.05) is 65.5 Å². The van der Waals surface area contributed by atoms with Crippen molar-refractivity contribution in [1.29, 1.82) is 0 Å². The minimum absolute atomic E-state index is 0.0116. The van der Waals surface area contributed by atoms with Gasteiger partial charge in [-0.2, -0.15) is 0 Å². The summed E-state index contributed by atoms with van der Waals surface area (Å²) < 4.78 is 2.97. The quantitative estimate of drug-likeness (QED) is 0.453. The summed E-state index contributed by atoms with van der Waals surface area (Å²) >= 11 is 16.6. The van der Waals surface area contributed by atoms with Gasteiger partial charge in [-0.3, -0.25) is 11.3 Å². The monoisotopic (exact) mass is 480 g/mol. The number of benzene rings is 2. The van der Waals surface area contributed by atoms with Crippen molar-refractivity contribution in [3.63, 3.8) is 0 Å². The third-order valence-corrected chi connectivity index (χ3v) is 4.69. The van der Waals surface area contributed by atoms with Crippen molar-refractivity contribution in [2.45, 2.75) is 12.5 Å². The molecule has 2 aromatic rings. The van der Waals surface area contributed by atoms with E-state index in [1.807, 2.05) is 36.4 Å². The maximum absolute atomic E-state index is 6.26. The van der Waals surface area contributed by atoms with Crippen LogP contribution in [0.25, 0.3) is 0 Å². The molecule has 2 rings (SSSR count). The molecular weight excluding hydrogens is 471 g/mol. The van der Waals surface area contributed by atoms with Gasteiger partial charge in [0.2, 0.25) is 0 Å². The third-order valence-electron chi connectivity index (χ3n) is 2.93. The first-order valence-electron chi connectivity index (χ1n) is 5.85. The molecule has 0 fully saturated rings. The van der Waals surface area contributed by atoms with Gasteiger partial charge in [0.15, 0.2) is 0 Å². The molecule has 0 aliphatic carbocycles. The lowest BCUT2D eigenvalue weighted by molar-refractivity contribution is 0.551. The largest absolute Gasteiger partial charge is 0.271 e. The average molecular weight is 483 g/mol. The molecule has 0 amide bonds. The highest BCUT2D eigenvalue weighted by Gasteiger charge is 2.14. The van der Waals surface area contributed by atoms with Crippen LogP contribution in [0.15, 0.2) is 49.8 Å². The molecule has 0 saturated heterocycles. The van der Waals surface area contributed by atoms with Crippen molar-refractivity contribution in [3.05, 3.63) is 66.0 Å². The zero-order chi connectivity index (χ0) is 14.7. The van der Waals surface area contributed by atoms with E-state index in [-0.39, 0.29) is 6.04 Å². The van der Waals surface area contributed by atoms with E-state index < -0.39 is 0 Å². The number of hydrogen-bond acceptors (Lipinski definition) is 2. The van der Waals surface area contributed by atoms with E-state index in [1.165, 1.54) is 0 Å². The van der Waals surface area contributed by atoms with Crippen LogP contribution in [-0.4, -0.2) is 0 Å². The van der Waals surface area contributed by atoms with Crippen molar-refractivity contribution in [3.8, 4) is 0 Å². The minimum Gasteiger partial charge on any atom is -0.271 e. The summed E-state index contributed by atoms with van der Waals surface area (Å²) in [5, 5.41) is 0.730. The minimum atomic E-state index is -0.0116. The van der Waals surface area contributed by atoms with E-state index in [0.29, 0.717) is 6.42 Å². The van der Waals surface area contributed by atoms with Gasteiger partial charge in [-0.25, -0.2) is 0 Å². The number of hydrazine groups is 1. The first-order valence-corrected chi connectivity index (χ1v) is 8.61. The summed E-state index contributed by atoms with van der Waals surface area (Å²) in [6.45, 7) is 0. The molecule has 20 heavy (non-hydrogen) atoms. The molecule has 0 aliphatic heterocycles. The van der Waals surface area contributed by atoms with Gasteiger partial charge in [-0.05, 0) is 47.9 Å². The number of nitrogens with one attached hydrogen (secondary N) is 1. The van der Waals surface area contributed by atoms with E-state index in [0.717, 1.165) is 29.6 Å². The van der Waals surface area contributed by atoms with Crippen LogP contribution < -0.4 is 11.3 Å². The van der Waals surface area contributed by atoms with Crippen LogP contribution in [-0.2, 0) is 6.42 Å². The Morgan fingerprint density at radius 2 is 1.65 bits per heavy atom. The molecule has 106 valence electrons. The smallest absolute Gasteiger partial charge is 0.0501 e. The molecule has 0 saturated carbocycles. The highest BCUT2D eigenvalue weighted by atomic mass is 79.9. The van der Waals surface area contributed by atoms with Crippen LogP contribution in [0.2, 0.25) is 5.02 Å². The molecule has 2 aromatic carbocycles. The van der Waals surface area contributed by atoms with Crippen LogP contribution in [0.4, 0.5) is 0 Å². The molecule has 0 radical (unpaired) electrons. The number of nitrogens with two attached hydrogens (primary N) is 1. The Morgan fingerprint density at radius 3 is 2.20 bits per heavy atom. The van der Waals surface area contributed by atoms with E-state index in [2.05, 4.69) is 53.2 Å². The summed E-state index contributed by atoms with van der Waals surface area (Å²) in [5.41, 5.74) is 4.99. The maximum Gasteiger partial charge on any atom is 0.0501 e. The van der Waals surface area contributed by atoms with E-state index in [9.17, 15) is 0 Å². The molecule has 0 aromatic heterocycles. The van der Waals surface area contributed by atoms with Gasteiger partial charge >= 0.3 is 0 Å². The van der Waals surface area contributed by atoms with Crippen LogP contribution >= 0.6 is 59.4 Å². The van der Waals surface area contributed by atoms with E-state index >= 15 is 0 Å². The molecule has 0 aliphatic rings. The van der Waals surface area contributed by atoms with Gasteiger partial charge < -0.3 is 0 Å². The Kier molecular flexibility index (Phi) is 6.08. The summed E-state index contributed by atoms with van der Waals surface area (Å²) in [6.07, 6.45) is 0.714. The second-order valence-corrected chi connectivity index (χ2v) is 7.52. The third kappa shape index (κ3) is 4.29. The van der Waals surface area contributed by atoms with Crippen molar-refractivity contribution >= 4 is 59.4 Å². The Hall–Kier alpha value is 0.0900. The first kappa shape index (κ1) is 16.5. The summed E-state index contributed by atoms with van der Waals surface area (Å²) in [5.74, 6) is 5.70. The fourth-order valence-corrected chi connectivity index (χ4v) is 4.04. The molecule has 0 bridgehead atoms.